The van der Waals surface area contributed by atoms with Crippen LogP contribution in [0.2, 0.25) is 0 Å². The van der Waals surface area contributed by atoms with Crippen molar-refractivity contribution < 1.29 is 0 Å². The summed E-state index contributed by atoms with van der Waals surface area (Å²) in [4.78, 5) is 0. The topological polar surface area (TPSA) is 26.0 Å². The van der Waals surface area contributed by atoms with Crippen LogP contribution in [0.3, 0.4) is 0 Å². The Labute approximate surface area is 101 Å². The fourth-order valence-corrected chi connectivity index (χ4v) is 2.33. The summed E-state index contributed by atoms with van der Waals surface area (Å²) in [6.07, 6.45) is 3.58. The van der Waals surface area contributed by atoms with Crippen LogP contribution in [-0.4, -0.2) is 0 Å². The van der Waals surface area contributed by atoms with E-state index in [2.05, 4.69) is 41.9 Å². The van der Waals surface area contributed by atoms with Gasteiger partial charge in [-0.05, 0) is 30.0 Å². The van der Waals surface area contributed by atoms with Crippen molar-refractivity contribution in [3.63, 3.8) is 0 Å². The van der Waals surface area contributed by atoms with Crippen molar-refractivity contribution in [3.05, 3.63) is 34.3 Å². The lowest BCUT2D eigenvalue weighted by molar-refractivity contribution is 0.440. The van der Waals surface area contributed by atoms with Crippen LogP contribution in [0.15, 0.2) is 28.7 Å². The van der Waals surface area contributed by atoms with Gasteiger partial charge in [-0.15, -0.1) is 0 Å². The summed E-state index contributed by atoms with van der Waals surface area (Å²) < 4.78 is 1.11. The minimum absolute atomic E-state index is 0.170. The van der Waals surface area contributed by atoms with Crippen molar-refractivity contribution >= 4 is 15.9 Å². The van der Waals surface area contributed by atoms with Crippen LogP contribution < -0.4 is 5.73 Å². The first-order valence-corrected chi connectivity index (χ1v) is 6.43. The predicted octanol–water partition coefficient (Wildman–Crippen LogP) is 4.28. The molecule has 2 N–H and O–H groups in total. The van der Waals surface area contributed by atoms with Crippen LogP contribution in [0.1, 0.15) is 44.7 Å². The van der Waals surface area contributed by atoms with Crippen LogP contribution in [0, 0.1) is 5.92 Å². The molecule has 1 aromatic carbocycles. The lowest BCUT2D eigenvalue weighted by atomic mass is 9.94. The van der Waals surface area contributed by atoms with Crippen molar-refractivity contribution in [1.29, 1.82) is 0 Å². The molecule has 2 heteroatoms. The van der Waals surface area contributed by atoms with Gasteiger partial charge in [0.05, 0.1) is 0 Å². The minimum atomic E-state index is 0.170. The molecule has 0 aliphatic rings. The molecule has 0 saturated carbocycles. The van der Waals surface area contributed by atoms with Crippen molar-refractivity contribution in [1.82, 2.24) is 0 Å². The number of nitrogens with two attached hydrogens (primary N) is 1. The molecule has 0 spiro atoms. The minimum Gasteiger partial charge on any atom is -0.324 e. The predicted molar refractivity (Wildman–Crippen MR) is 69.8 cm³/mol. The zero-order chi connectivity index (χ0) is 11.3. The van der Waals surface area contributed by atoms with Crippen LogP contribution in [-0.2, 0) is 0 Å². The van der Waals surface area contributed by atoms with E-state index in [-0.39, 0.29) is 6.04 Å². The van der Waals surface area contributed by atoms with Gasteiger partial charge in [-0.25, -0.2) is 0 Å². The third-order valence-corrected chi connectivity index (χ3v) is 3.21. The summed E-state index contributed by atoms with van der Waals surface area (Å²) >= 11 is 3.47. The molecule has 0 amide bonds. The summed E-state index contributed by atoms with van der Waals surface area (Å²) in [5, 5.41) is 0. The smallest absolute Gasteiger partial charge is 0.0297 e. The van der Waals surface area contributed by atoms with Gasteiger partial charge in [-0.2, -0.15) is 0 Å². The van der Waals surface area contributed by atoms with E-state index in [4.69, 9.17) is 5.73 Å². The fourth-order valence-electron chi connectivity index (χ4n) is 1.92. The summed E-state index contributed by atoms with van der Waals surface area (Å²) in [5.74, 6) is 0.712. The monoisotopic (exact) mass is 269 g/mol. The van der Waals surface area contributed by atoms with E-state index in [0.29, 0.717) is 5.92 Å². The number of benzene rings is 1. The molecular formula is C13H20BrN. The zero-order valence-electron chi connectivity index (χ0n) is 9.54. The molecule has 2 atom stereocenters. The van der Waals surface area contributed by atoms with E-state index in [1.54, 1.807) is 0 Å². The first kappa shape index (κ1) is 12.7. The third-order valence-electron chi connectivity index (χ3n) is 2.71. The lowest BCUT2D eigenvalue weighted by Crippen LogP contribution is -2.14. The Morgan fingerprint density at radius 1 is 1.40 bits per heavy atom. The van der Waals surface area contributed by atoms with Gasteiger partial charge in [0.2, 0.25) is 0 Å². The van der Waals surface area contributed by atoms with Gasteiger partial charge in [-0.3, -0.25) is 0 Å². The number of halogens is 1. The molecule has 84 valence electrons. The highest BCUT2D eigenvalue weighted by molar-refractivity contribution is 9.10. The number of rotatable bonds is 5. The largest absolute Gasteiger partial charge is 0.324 e. The van der Waals surface area contributed by atoms with Gasteiger partial charge in [0, 0.05) is 10.5 Å². The van der Waals surface area contributed by atoms with Crippen LogP contribution in [0.4, 0.5) is 0 Å². The Morgan fingerprint density at radius 2 is 2.13 bits per heavy atom. The van der Waals surface area contributed by atoms with Crippen molar-refractivity contribution in [2.45, 2.75) is 39.2 Å². The molecule has 2 unspecified atom stereocenters. The third kappa shape index (κ3) is 4.35. The van der Waals surface area contributed by atoms with Crippen molar-refractivity contribution in [2.75, 3.05) is 0 Å². The number of hydrogen-bond donors (Lipinski definition) is 1. The molecule has 0 aromatic heterocycles. The molecule has 1 nitrogen and oxygen atoms in total. The number of hydrogen-bond acceptors (Lipinski definition) is 1. The molecule has 0 bridgehead atoms. The van der Waals surface area contributed by atoms with E-state index in [1.165, 1.54) is 18.4 Å². The van der Waals surface area contributed by atoms with E-state index in [1.807, 2.05) is 12.1 Å². The second-order valence-electron chi connectivity index (χ2n) is 4.29. The van der Waals surface area contributed by atoms with Gasteiger partial charge >= 0.3 is 0 Å². The highest BCUT2D eigenvalue weighted by atomic mass is 79.9. The Balaban J connectivity index is 2.56. The zero-order valence-corrected chi connectivity index (χ0v) is 11.1. The second-order valence-corrected chi connectivity index (χ2v) is 5.21. The fraction of sp³-hybridized carbons (Fsp3) is 0.538. The maximum atomic E-state index is 6.17. The second kappa shape index (κ2) is 6.29. The van der Waals surface area contributed by atoms with Gasteiger partial charge in [0.1, 0.15) is 0 Å². The van der Waals surface area contributed by atoms with Crippen molar-refractivity contribution in [3.8, 4) is 0 Å². The molecular weight excluding hydrogens is 250 g/mol. The Morgan fingerprint density at radius 3 is 2.73 bits per heavy atom. The van der Waals surface area contributed by atoms with Crippen molar-refractivity contribution in [2.24, 2.45) is 11.7 Å². The summed E-state index contributed by atoms with van der Waals surface area (Å²) in [6, 6.07) is 8.47. The summed E-state index contributed by atoms with van der Waals surface area (Å²) in [5.41, 5.74) is 7.40. The average Bonchev–Trinajstić information content (AvgIpc) is 2.18. The van der Waals surface area contributed by atoms with E-state index in [0.717, 1.165) is 10.9 Å². The van der Waals surface area contributed by atoms with E-state index < -0.39 is 0 Å². The molecule has 0 fully saturated rings. The Bertz CT molecular complexity index is 298. The normalized spacial score (nSPS) is 14.9. The van der Waals surface area contributed by atoms with Gasteiger partial charge in [0.15, 0.2) is 0 Å². The van der Waals surface area contributed by atoms with Gasteiger partial charge in [0.25, 0.3) is 0 Å². The molecule has 1 rings (SSSR count). The highest BCUT2D eigenvalue weighted by Gasteiger charge is 2.10. The average molecular weight is 270 g/mol. The van der Waals surface area contributed by atoms with Crippen LogP contribution in [0.5, 0.6) is 0 Å². The van der Waals surface area contributed by atoms with Crippen LogP contribution in [0.25, 0.3) is 0 Å². The van der Waals surface area contributed by atoms with Crippen LogP contribution >= 0.6 is 15.9 Å². The quantitative estimate of drug-likeness (QED) is 0.849. The van der Waals surface area contributed by atoms with Gasteiger partial charge < -0.3 is 5.73 Å². The molecule has 1 aromatic rings. The summed E-state index contributed by atoms with van der Waals surface area (Å²) in [7, 11) is 0. The SMILES string of the molecule is CCCC(C)CC(N)c1cccc(Br)c1. The Hall–Kier alpha value is -0.340. The maximum absolute atomic E-state index is 6.17. The lowest BCUT2D eigenvalue weighted by Gasteiger charge is -2.17. The van der Waals surface area contributed by atoms with Gasteiger partial charge in [-0.1, -0.05) is 54.8 Å². The Kier molecular flexibility index (Phi) is 5.34. The maximum Gasteiger partial charge on any atom is 0.0297 e. The molecule has 0 radical (unpaired) electrons. The highest BCUT2D eigenvalue weighted by Crippen LogP contribution is 2.23. The molecule has 15 heavy (non-hydrogen) atoms. The molecule has 0 saturated heterocycles. The molecule has 0 aliphatic heterocycles. The first-order chi connectivity index (χ1) is 7.13. The first-order valence-electron chi connectivity index (χ1n) is 5.64. The standard InChI is InChI=1S/C13H20BrN/c1-3-5-10(2)8-13(15)11-6-4-7-12(14)9-11/h4,6-7,9-10,13H,3,5,8,15H2,1-2H3. The molecule has 0 heterocycles. The van der Waals surface area contributed by atoms with E-state index in [9.17, 15) is 0 Å². The van der Waals surface area contributed by atoms with E-state index >= 15 is 0 Å². The summed E-state index contributed by atoms with van der Waals surface area (Å²) in [6.45, 7) is 4.50. The molecule has 0 aliphatic carbocycles.